The molecule has 1 atom stereocenters. The first-order valence-electron chi connectivity index (χ1n) is 7.12. The second-order valence-corrected chi connectivity index (χ2v) is 6.93. The quantitative estimate of drug-likeness (QED) is 0.856. The number of nitrogens with one attached hydrogen (secondary N) is 1. The van der Waals surface area contributed by atoms with Crippen molar-refractivity contribution in [3.63, 3.8) is 0 Å². The molecular weight excluding hydrogens is 340 g/mol. The zero-order chi connectivity index (χ0) is 14.7. The third-order valence-corrected chi connectivity index (χ3v) is 5.09. The molecule has 2 rings (SSSR count). The highest BCUT2D eigenvalue weighted by Gasteiger charge is 2.26. The molecule has 1 aromatic rings. The Morgan fingerprint density at radius 1 is 1.35 bits per heavy atom. The van der Waals surface area contributed by atoms with Crippen molar-refractivity contribution in [1.82, 2.24) is 10.2 Å². The molecule has 2 N–H and O–H groups in total. The van der Waals surface area contributed by atoms with Gasteiger partial charge >= 0.3 is 0 Å². The number of benzene rings is 1. The zero-order valence-corrected chi connectivity index (χ0v) is 14.3. The smallest absolute Gasteiger partial charge is 0.136 e. The van der Waals surface area contributed by atoms with Gasteiger partial charge in [0.2, 0.25) is 0 Å². The summed E-state index contributed by atoms with van der Waals surface area (Å²) in [7, 11) is 0. The summed E-state index contributed by atoms with van der Waals surface area (Å²) < 4.78 is 0.598. The van der Waals surface area contributed by atoms with Crippen LogP contribution in [0.5, 0.6) is 5.75 Å². The predicted octanol–water partition coefficient (Wildman–Crippen LogP) is 3.80. The molecule has 1 aromatic carbocycles. The monoisotopic (exact) mass is 360 g/mol. The summed E-state index contributed by atoms with van der Waals surface area (Å²) in [5.41, 5.74) is 0.969. The maximum Gasteiger partial charge on any atom is 0.136 e. The Kier molecular flexibility index (Phi) is 5.73. The van der Waals surface area contributed by atoms with Crippen LogP contribution in [0.15, 0.2) is 16.6 Å². The van der Waals surface area contributed by atoms with E-state index in [4.69, 9.17) is 11.6 Å². The van der Waals surface area contributed by atoms with Gasteiger partial charge in [-0.25, -0.2) is 0 Å². The number of phenolic OH excluding ortho intramolecular Hbond substituents is 1. The van der Waals surface area contributed by atoms with E-state index in [2.05, 4.69) is 40.0 Å². The number of aromatic hydroxyl groups is 1. The van der Waals surface area contributed by atoms with Gasteiger partial charge in [-0.3, -0.25) is 4.90 Å². The molecule has 0 radical (unpaired) electrons. The molecule has 1 saturated heterocycles. The van der Waals surface area contributed by atoms with Crippen molar-refractivity contribution in [2.45, 2.75) is 26.3 Å². The first-order chi connectivity index (χ1) is 9.50. The van der Waals surface area contributed by atoms with Crippen LogP contribution in [0, 0.1) is 5.92 Å². The van der Waals surface area contributed by atoms with Gasteiger partial charge in [0.05, 0.1) is 9.50 Å². The van der Waals surface area contributed by atoms with Crippen LogP contribution in [-0.4, -0.2) is 36.2 Å². The minimum Gasteiger partial charge on any atom is -0.506 e. The Hall–Kier alpha value is -0.290. The molecule has 5 heteroatoms. The lowest BCUT2D eigenvalue weighted by molar-refractivity contribution is 0.151. The number of phenols is 1. The maximum atomic E-state index is 10.4. The van der Waals surface area contributed by atoms with E-state index in [0.717, 1.165) is 38.2 Å². The van der Waals surface area contributed by atoms with Crippen molar-refractivity contribution in [2.75, 3.05) is 26.2 Å². The van der Waals surface area contributed by atoms with Crippen molar-refractivity contribution in [3.8, 4) is 5.75 Å². The Morgan fingerprint density at radius 2 is 2.00 bits per heavy atom. The maximum absolute atomic E-state index is 10.4. The Morgan fingerprint density at radius 3 is 2.60 bits per heavy atom. The fraction of sp³-hybridized carbons (Fsp3) is 0.600. The average Bonchev–Trinajstić information content (AvgIpc) is 2.44. The van der Waals surface area contributed by atoms with E-state index in [-0.39, 0.29) is 11.8 Å². The second kappa shape index (κ2) is 7.12. The van der Waals surface area contributed by atoms with Crippen LogP contribution in [-0.2, 0) is 0 Å². The third-order valence-electron chi connectivity index (χ3n) is 3.75. The summed E-state index contributed by atoms with van der Waals surface area (Å²) in [6.45, 7) is 8.47. The molecule has 0 amide bonds. The van der Waals surface area contributed by atoms with Gasteiger partial charge in [-0.05, 0) is 34.3 Å². The van der Waals surface area contributed by atoms with Gasteiger partial charge in [0, 0.05) is 37.8 Å². The van der Waals surface area contributed by atoms with Crippen LogP contribution in [0.25, 0.3) is 0 Å². The molecule has 0 saturated carbocycles. The summed E-state index contributed by atoms with van der Waals surface area (Å²) in [5.74, 6) is 0.852. The summed E-state index contributed by atoms with van der Waals surface area (Å²) >= 11 is 9.43. The van der Waals surface area contributed by atoms with Crippen molar-refractivity contribution in [1.29, 1.82) is 0 Å². The Balaban J connectivity index is 2.32. The van der Waals surface area contributed by atoms with E-state index in [1.165, 1.54) is 0 Å². The van der Waals surface area contributed by atoms with Crippen LogP contribution in [0.1, 0.15) is 31.9 Å². The normalized spacial score (nSPS) is 18.4. The highest BCUT2D eigenvalue weighted by atomic mass is 79.9. The van der Waals surface area contributed by atoms with E-state index in [9.17, 15) is 5.11 Å². The highest BCUT2D eigenvalue weighted by Crippen LogP contribution is 2.41. The topological polar surface area (TPSA) is 35.5 Å². The van der Waals surface area contributed by atoms with Gasteiger partial charge < -0.3 is 10.4 Å². The number of nitrogens with zero attached hydrogens (tertiary/aromatic N) is 1. The van der Waals surface area contributed by atoms with E-state index in [1.807, 2.05) is 12.1 Å². The number of halogens is 2. The Bertz CT molecular complexity index is 461. The van der Waals surface area contributed by atoms with Crippen LogP contribution in [0.2, 0.25) is 5.02 Å². The fourth-order valence-electron chi connectivity index (χ4n) is 2.74. The summed E-state index contributed by atoms with van der Waals surface area (Å²) in [6.07, 6.45) is 1.03. The SMILES string of the molecule is CC(C)C[C@@H](c1ccc(Cl)c(Br)c1O)N1CCNCC1. The largest absolute Gasteiger partial charge is 0.506 e. The first-order valence-corrected chi connectivity index (χ1v) is 8.29. The van der Waals surface area contributed by atoms with Crippen LogP contribution in [0.4, 0.5) is 0 Å². The molecule has 0 aromatic heterocycles. The lowest BCUT2D eigenvalue weighted by Crippen LogP contribution is -2.45. The van der Waals surface area contributed by atoms with Gasteiger partial charge in [-0.15, -0.1) is 0 Å². The highest BCUT2D eigenvalue weighted by molar-refractivity contribution is 9.10. The molecule has 1 aliphatic rings. The molecule has 1 fully saturated rings. The van der Waals surface area contributed by atoms with Crippen LogP contribution in [0.3, 0.4) is 0 Å². The fourth-order valence-corrected chi connectivity index (χ4v) is 3.25. The number of piperazine rings is 1. The van der Waals surface area contributed by atoms with E-state index >= 15 is 0 Å². The van der Waals surface area contributed by atoms with Crippen LogP contribution >= 0.6 is 27.5 Å². The minimum absolute atomic E-state index is 0.241. The van der Waals surface area contributed by atoms with Gasteiger partial charge in [0.15, 0.2) is 0 Å². The number of hydrogen-bond acceptors (Lipinski definition) is 3. The molecular formula is C15H22BrClN2O. The number of hydrogen-bond donors (Lipinski definition) is 2. The van der Waals surface area contributed by atoms with Crippen molar-refractivity contribution < 1.29 is 5.11 Å². The molecule has 0 spiro atoms. The molecule has 0 unspecified atom stereocenters. The molecule has 1 heterocycles. The molecule has 0 aliphatic carbocycles. The van der Waals surface area contributed by atoms with Gasteiger partial charge in [0.25, 0.3) is 0 Å². The summed E-state index contributed by atoms with van der Waals surface area (Å²) in [5, 5.41) is 14.3. The lowest BCUT2D eigenvalue weighted by atomic mass is 9.94. The second-order valence-electron chi connectivity index (χ2n) is 5.73. The molecule has 112 valence electrons. The Labute approximate surface area is 134 Å². The predicted molar refractivity (Wildman–Crippen MR) is 87.5 cm³/mol. The van der Waals surface area contributed by atoms with Gasteiger partial charge in [-0.2, -0.15) is 0 Å². The molecule has 0 bridgehead atoms. The summed E-state index contributed by atoms with van der Waals surface area (Å²) in [6, 6.07) is 4.05. The minimum atomic E-state index is 0.241. The third kappa shape index (κ3) is 3.67. The summed E-state index contributed by atoms with van der Waals surface area (Å²) in [4.78, 5) is 2.45. The van der Waals surface area contributed by atoms with Crippen LogP contribution < -0.4 is 5.32 Å². The standard InChI is InChI=1S/C15H22BrClN2O/c1-10(2)9-13(19-7-5-18-6-8-19)11-3-4-12(17)14(16)15(11)20/h3-4,10,13,18,20H,5-9H2,1-2H3/t13-/m0/s1. The van der Waals surface area contributed by atoms with Gasteiger partial charge in [-0.1, -0.05) is 31.5 Å². The average molecular weight is 362 g/mol. The first kappa shape index (κ1) is 16.1. The van der Waals surface area contributed by atoms with Gasteiger partial charge in [0.1, 0.15) is 5.75 Å². The molecule has 1 aliphatic heterocycles. The van der Waals surface area contributed by atoms with Crippen molar-refractivity contribution >= 4 is 27.5 Å². The van der Waals surface area contributed by atoms with E-state index in [0.29, 0.717) is 15.4 Å². The number of rotatable bonds is 4. The zero-order valence-electron chi connectivity index (χ0n) is 12.0. The molecule has 3 nitrogen and oxygen atoms in total. The molecule has 20 heavy (non-hydrogen) atoms. The van der Waals surface area contributed by atoms with E-state index < -0.39 is 0 Å². The van der Waals surface area contributed by atoms with E-state index in [1.54, 1.807) is 0 Å². The lowest BCUT2D eigenvalue weighted by Gasteiger charge is -2.36. The van der Waals surface area contributed by atoms with Crippen molar-refractivity contribution in [2.24, 2.45) is 5.92 Å². The van der Waals surface area contributed by atoms with Crippen molar-refractivity contribution in [3.05, 3.63) is 27.2 Å².